The first-order valence-corrected chi connectivity index (χ1v) is 45.5. The highest BCUT2D eigenvalue weighted by molar-refractivity contribution is 7.91. The van der Waals surface area contributed by atoms with Crippen LogP contribution in [0.15, 0.2) is 182 Å². The van der Waals surface area contributed by atoms with E-state index in [1.807, 2.05) is 36.4 Å². The molecule has 0 spiro atoms. The SMILES string of the molecule is CC(C)(C)c1cc(-c2nc(-c3ccc(N4CCCCC4)cc3)c(-c3ccc(N4CCS(=O)(=O)CC4)cc3)[nH]2)cc(C(C)(C)C)c1O.CCCCCCOc1ccc(-c2nc(-c3cc(C(C)(C)C)c(O)c(C(C)(C)C)c3)[nH]c2-c2ccc(C)cc2)cc1.CCCCCCOc1ccc(-c2nc(-c3cc(CO)c(O)c(OC)c3)[nH]c2-c2ccc(C)cc2)cc1. The number of aromatic hydroxyl groups is 3. The third-order valence-corrected chi connectivity index (χ3v) is 24.7. The second-order valence-electron chi connectivity index (χ2n) is 37.0. The van der Waals surface area contributed by atoms with E-state index in [2.05, 4.69) is 269 Å². The number of methoxy groups -OCH3 is 1. The van der Waals surface area contributed by atoms with Crippen molar-refractivity contribution in [2.24, 2.45) is 0 Å². The fourth-order valence-electron chi connectivity index (χ4n) is 15.8. The van der Waals surface area contributed by atoms with Crippen LogP contribution in [0.4, 0.5) is 11.4 Å². The minimum atomic E-state index is -2.95. The summed E-state index contributed by atoms with van der Waals surface area (Å²) < 4.78 is 41.2. The summed E-state index contributed by atoms with van der Waals surface area (Å²) in [6.07, 6.45) is 13.2. The number of rotatable bonds is 25. The van der Waals surface area contributed by atoms with Gasteiger partial charge in [0, 0.05) is 115 Å². The zero-order valence-corrected chi connectivity index (χ0v) is 75.8. The number of unbranched alkanes of at least 4 members (excludes halogenated alkanes) is 6. The molecule has 0 amide bonds. The number of hydrogen-bond acceptors (Lipinski definition) is 14. The molecule has 9 aromatic carbocycles. The van der Waals surface area contributed by atoms with Crippen LogP contribution in [0.2, 0.25) is 0 Å². The molecular weight excluding hydrogens is 1540 g/mol. The summed E-state index contributed by atoms with van der Waals surface area (Å²) in [5.74, 6) is 5.21. The number of benzene rings is 9. The maximum Gasteiger partial charge on any atom is 0.163 e. The third-order valence-electron chi connectivity index (χ3n) is 23.1. The summed E-state index contributed by atoms with van der Waals surface area (Å²) in [4.78, 5) is 30.8. The number of hydrogen-bond donors (Lipinski definition) is 7. The van der Waals surface area contributed by atoms with Crippen molar-refractivity contribution in [2.75, 3.05) is 67.8 Å². The predicted octanol–water partition coefficient (Wildman–Crippen LogP) is 24.8. The number of imidazole rings is 3. The van der Waals surface area contributed by atoms with Gasteiger partial charge in [-0.2, -0.15) is 0 Å². The van der Waals surface area contributed by atoms with Crippen LogP contribution >= 0.6 is 0 Å². The monoisotopic (exact) mass is 1660 g/mol. The Balaban J connectivity index is 0.000000169. The van der Waals surface area contributed by atoms with E-state index in [1.165, 1.54) is 81.7 Å². The number of aliphatic hydroxyl groups excluding tert-OH is 1. The van der Waals surface area contributed by atoms with E-state index in [4.69, 9.17) is 29.2 Å². The minimum absolute atomic E-state index is 0.0698. The molecule has 0 radical (unpaired) electrons. The highest BCUT2D eigenvalue weighted by atomic mass is 32.2. The summed E-state index contributed by atoms with van der Waals surface area (Å²) in [6, 6.07) is 62.0. The maximum absolute atomic E-state index is 12.0. The van der Waals surface area contributed by atoms with Gasteiger partial charge in [0.1, 0.15) is 40.5 Å². The lowest BCUT2D eigenvalue weighted by Gasteiger charge is -2.29. The Morgan fingerprint density at radius 3 is 1.03 bits per heavy atom. The lowest BCUT2D eigenvalue weighted by molar-refractivity contribution is 0.272. The van der Waals surface area contributed by atoms with Crippen LogP contribution in [-0.4, -0.2) is 117 Å². The molecular formula is C104H128N8O9S. The first-order chi connectivity index (χ1) is 58.1. The predicted molar refractivity (Wildman–Crippen MR) is 503 cm³/mol. The smallest absolute Gasteiger partial charge is 0.163 e. The number of aromatic amines is 3. The Hall–Kier alpha value is -11.1. The van der Waals surface area contributed by atoms with Crippen molar-refractivity contribution < 1.29 is 43.1 Å². The molecule has 3 aromatic heterocycles. The largest absolute Gasteiger partial charge is 0.507 e. The molecule has 122 heavy (non-hydrogen) atoms. The average molecular weight is 1670 g/mol. The van der Waals surface area contributed by atoms with Gasteiger partial charge in [0.25, 0.3) is 0 Å². The first kappa shape index (κ1) is 90.2. The molecule has 0 atom stereocenters. The number of nitrogens with one attached hydrogen (secondary N) is 3. The van der Waals surface area contributed by atoms with Gasteiger partial charge >= 0.3 is 0 Å². The lowest BCUT2D eigenvalue weighted by atomic mass is 9.78. The number of aromatic nitrogens is 6. The lowest BCUT2D eigenvalue weighted by Crippen LogP contribution is -2.40. The summed E-state index contributed by atoms with van der Waals surface area (Å²) in [5.41, 5.74) is 21.8. The second-order valence-corrected chi connectivity index (χ2v) is 39.3. The van der Waals surface area contributed by atoms with Crippen molar-refractivity contribution in [3.63, 3.8) is 0 Å². The van der Waals surface area contributed by atoms with Crippen LogP contribution in [0.1, 0.15) is 207 Å². The molecule has 0 bridgehead atoms. The van der Waals surface area contributed by atoms with Gasteiger partial charge in [0.15, 0.2) is 21.3 Å². The normalized spacial score (nSPS) is 13.8. The van der Waals surface area contributed by atoms with E-state index in [1.54, 1.807) is 12.1 Å². The Morgan fingerprint density at radius 1 is 0.385 bits per heavy atom. The van der Waals surface area contributed by atoms with E-state index in [0.717, 1.165) is 169 Å². The van der Waals surface area contributed by atoms with Crippen LogP contribution in [0, 0.1) is 13.8 Å². The van der Waals surface area contributed by atoms with Crippen LogP contribution < -0.4 is 24.0 Å². The molecule has 7 N–H and O–H groups in total. The van der Waals surface area contributed by atoms with Crippen molar-refractivity contribution in [1.29, 1.82) is 0 Å². The molecule has 2 saturated heterocycles. The minimum Gasteiger partial charge on any atom is -0.507 e. The molecule has 644 valence electrons. The standard InChI is InChI=1S/C38H48N4O3S.C36H46N2O2.C30H34N2O4/c1-37(2,3)31-24-28(25-32(35(31)43)38(4,5)6)36-39-33(26-10-14-29(15-11-26)41-18-8-7-9-19-41)34(40-36)27-12-16-30(17-13-27)42-20-22-46(44,45)23-21-42;1-9-10-11-12-21-40-28-19-17-26(18-20-28)32-31(25-15-13-24(2)14-16-25)37-34(38-32)27-22-29(35(3,4)5)33(39)30(23-27)36(6,7)8;1-4-5-6-7-16-36-25-14-12-22(13-15-25)28-27(21-10-8-20(2)9-11-21)31-30(32-28)23-17-24(19-33)29(34)26(18-23)35-3/h10-17,24-25,43H,7-9,18-23H2,1-6H3,(H,39,40);13-20,22-23,39H,9-12,21H2,1-8H3,(H,37,38);8-15,17-18,33-34H,4-7,16,19H2,1-3H3,(H,31,32). The highest BCUT2D eigenvalue weighted by Crippen LogP contribution is 2.47. The molecule has 2 fully saturated rings. The van der Waals surface area contributed by atoms with Gasteiger partial charge in [0.2, 0.25) is 0 Å². The summed E-state index contributed by atoms with van der Waals surface area (Å²) in [5, 5.41) is 42.7. The number of ether oxygens (including phenoxy) is 3. The number of aliphatic hydroxyl groups is 1. The van der Waals surface area contributed by atoms with Crippen LogP contribution in [0.3, 0.4) is 0 Å². The Morgan fingerprint density at radius 2 is 0.705 bits per heavy atom. The summed E-state index contributed by atoms with van der Waals surface area (Å²) in [7, 11) is -1.46. The zero-order chi connectivity index (χ0) is 87.4. The number of aryl methyl sites for hydroxylation is 2. The van der Waals surface area contributed by atoms with Gasteiger partial charge in [-0.1, -0.05) is 219 Å². The molecule has 5 heterocycles. The molecule has 2 aliphatic rings. The van der Waals surface area contributed by atoms with Gasteiger partial charge in [0.05, 0.1) is 72.6 Å². The van der Waals surface area contributed by atoms with Gasteiger partial charge in [-0.05, 0) is 177 Å². The number of nitrogens with zero attached hydrogens (tertiary/aromatic N) is 5. The van der Waals surface area contributed by atoms with Gasteiger partial charge in [-0.25, -0.2) is 23.4 Å². The zero-order valence-electron chi connectivity index (χ0n) is 74.9. The third kappa shape index (κ3) is 22.2. The Labute approximate surface area is 724 Å². The van der Waals surface area contributed by atoms with E-state index in [9.17, 15) is 28.8 Å². The molecule has 17 nitrogen and oxygen atoms in total. The Bertz CT molecular complexity index is 5490. The average Bonchev–Trinajstić information content (AvgIpc) is 1.66. The second kappa shape index (κ2) is 39.0. The van der Waals surface area contributed by atoms with Crippen LogP contribution in [-0.2, 0) is 38.1 Å². The van der Waals surface area contributed by atoms with E-state index >= 15 is 0 Å². The molecule has 0 aliphatic carbocycles. The van der Waals surface area contributed by atoms with E-state index in [-0.39, 0.29) is 51.3 Å². The molecule has 2 aliphatic heterocycles. The van der Waals surface area contributed by atoms with Crippen molar-refractivity contribution >= 4 is 21.2 Å². The number of anilines is 2. The van der Waals surface area contributed by atoms with Crippen molar-refractivity contribution in [3.8, 4) is 136 Å². The summed E-state index contributed by atoms with van der Waals surface area (Å²) in [6.45, 7) is 38.5. The topological polar surface area (TPSA) is 235 Å². The van der Waals surface area contributed by atoms with Gasteiger partial charge in [-0.15, -0.1) is 0 Å². The molecule has 14 rings (SSSR count). The number of H-pyrrole nitrogens is 3. The van der Waals surface area contributed by atoms with E-state index in [0.29, 0.717) is 41.5 Å². The van der Waals surface area contributed by atoms with Crippen LogP contribution in [0.5, 0.6) is 34.5 Å². The fourth-order valence-corrected chi connectivity index (χ4v) is 17.0. The number of sulfone groups is 1. The first-order valence-electron chi connectivity index (χ1n) is 43.7. The number of piperidine rings is 1. The molecule has 18 heteroatoms. The number of phenols is 3. The highest BCUT2D eigenvalue weighted by Gasteiger charge is 2.32. The molecule has 0 unspecified atom stereocenters. The number of phenolic OH excluding ortho intramolecular Hbond substituents is 2. The maximum atomic E-state index is 12.0. The Kier molecular flexibility index (Phi) is 28.8. The van der Waals surface area contributed by atoms with Crippen molar-refractivity contribution in [2.45, 2.75) is 210 Å². The van der Waals surface area contributed by atoms with Gasteiger partial charge in [-0.3, -0.25) is 0 Å². The fraction of sp³-hybridized carbons (Fsp3) is 0.394. The van der Waals surface area contributed by atoms with Gasteiger partial charge < -0.3 is 59.4 Å². The molecule has 12 aromatic rings. The van der Waals surface area contributed by atoms with Crippen LogP contribution in [0.25, 0.3) is 102 Å². The molecule has 0 saturated carbocycles. The van der Waals surface area contributed by atoms with Crippen molar-refractivity contribution in [3.05, 3.63) is 221 Å². The quantitative estimate of drug-likeness (QED) is 0.0264. The van der Waals surface area contributed by atoms with Crippen molar-refractivity contribution in [1.82, 2.24) is 29.9 Å². The van der Waals surface area contributed by atoms with E-state index < -0.39 is 9.84 Å². The summed E-state index contributed by atoms with van der Waals surface area (Å²) >= 11 is 0.